The number of nitrogens with zero attached hydrogens (tertiary/aromatic N) is 3. The second-order valence-electron chi connectivity index (χ2n) is 7.05. The van der Waals surface area contributed by atoms with Gasteiger partial charge in [0.2, 0.25) is 5.95 Å². The molecule has 2 aliphatic rings. The van der Waals surface area contributed by atoms with Gasteiger partial charge in [-0.25, -0.2) is 4.98 Å². The van der Waals surface area contributed by atoms with Gasteiger partial charge in [0.15, 0.2) is 0 Å². The molecule has 142 valence electrons. The van der Waals surface area contributed by atoms with E-state index in [0.717, 1.165) is 18.4 Å². The van der Waals surface area contributed by atoms with Gasteiger partial charge >= 0.3 is 0 Å². The van der Waals surface area contributed by atoms with Gasteiger partial charge in [0, 0.05) is 36.8 Å². The number of ether oxygens (including phenoxy) is 2. The molecule has 7 heteroatoms. The highest BCUT2D eigenvalue weighted by Crippen LogP contribution is 2.35. The lowest BCUT2D eigenvalue weighted by Crippen LogP contribution is -2.51. The minimum Gasteiger partial charge on any atom is -0.376 e. The van der Waals surface area contributed by atoms with Crippen molar-refractivity contribution in [3.63, 3.8) is 0 Å². The SMILES string of the molecule is O=C(c1ccnc(F)c1)N1CCO[C@@H]2C[C@H](COCc3ccncc3)C[C@H]21. The number of carbonyl (C=O) groups is 1. The number of fused-ring (bicyclic) bond motifs is 1. The van der Waals surface area contributed by atoms with Gasteiger partial charge in [-0.15, -0.1) is 0 Å². The summed E-state index contributed by atoms with van der Waals surface area (Å²) in [5, 5.41) is 0. The zero-order chi connectivity index (χ0) is 18.6. The summed E-state index contributed by atoms with van der Waals surface area (Å²) in [6.45, 7) is 2.21. The van der Waals surface area contributed by atoms with Crippen molar-refractivity contribution in [1.82, 2.24) is 14.9 Å². The zero-order valence-corrected chi connectivity index (χ0v) is 15.0. The van der Waals surface area contributed by atoms with Crippen LogP contribution in [0.1, 0.15) is 28.8 Å². The number of hydrogen-bond donors (Lipinski definition) is 0. The fraction of sp³-hybridized carbons (Fsp3) is 0.450. The number of pyridine rings is 2. The van der Waals surface area contributed by atoms with Gasteiger partial charge in [0.1, 0.15) is 0 Å². The molecule has 0 radical (unpaired) electrons. The Morgan fingerprint density at radius 1 is 1.26 bits per heavy atom. The maximum Gasteiger partial charge on any atom is 0.254 e. The molecule has 2 aromatic rings. The van der Waals surface area contributed by atoms with Crippen LogP contribution in [0, 0.1) is 11.9 Å². The lowest BCUT2D eigenvalue weighted by Gasteiger charge is -2.37. The molecule has 2 fully saturated rings. The third-order valence-electron chi connectivity index (χ3n) is 5.24. The molecule has 3 heterocycles. The van der Waals surface area contributed by atoms with Crippen LogP contribution >= 0.6 is 0 Å². The van der Waals surface area contributed by atoms with Gasteiger partial charge < -0.3 is 14.4 Å². The van der Waals surface area contributed by atoms with Gasteiger partial charge in [-0.2, -0.15) is 4.39 Å². The van der Waals surface area contributed by atoms with Crippen molar-refractivity contribution >= 4 is 5.91 Å². The van der Waals surface area contributed by atoms with E-state index in [-0.39, 0.29) is 18.1 Å². The Morgan fingerprint density at radius 3 is 2.93 bits per heavy atom. The zero-order valence-electron chi connectivity index (χ0n) is 15.0. The van der Waals surface area contributed by atoms with Crippen LogP contribution in [0.4, 0.5) is 4.39 Å². The largest absolute Gasteiger partial charge is 0.376 e. The number of amides is 1. The first kappa shape index (κ1) is 18.0. The summed E-state index contributed by atoms with van der Waals surface area (Å²) in [5.74, 6) is -0.461. The van der Waals surface area contributed by atoms with Crippen molar-refractivity contribution < 1.29 is 18.7 Å². The monoisotopic (exact) mass is 371 g/mol. The number of rotatable bonds is 5. The Labute approximate surface area is 157 Å². The lowest BCUT2D eigenvalue weighted by molar-refractivity contribution is -0.0450. The molecule has 0 bridgehead atoms. The smallest absolute Gasteiger partial charge is 0.254 e. The van der Waals surface area contributed by atoms with E-state index >= 15 is 0 Å². The molecule has 1 aliphatic heterocycles. The summed E-state index contributed by atoms with van der Waals surface area (Å²) in [5.41, 5.74) is 1.42. The quantitative estimate of drug-likeness (QED) is 0.756. The van der Waals surface area contributed by atoms with Gasteiger partial charge in [-0.05, 0) is 42.5 Å². The first-order valence-corrected chi connectivity index (χ1v) is 9.21. The highest BCUT2D eigenvalue weighted by Gasteiger charge is 2.43. The Hall–Kier alpha value is -2.38. The first-order chi connectivity index (χ1) is 13.2. The average Bonchev–Trinajstić information content (AvgIpc) is 3.11. The topological polar surface area (TPSA) is 64.6 Å². The Kier molecular flexibility index (Phi) is 5.40. The van der Waals surface area contributed by atoms with E-state index in [1.807, 2.05) is 17.0 Å². The van der Waals surface area contributed by atoms with Crippen LogP contribution in [0.15, 0.2) is 42.9 Å². The van der Waals surface area contributed by atoms with Crippen LogP contribution < -0.4 is 0 Å². The number of carbonyl (C=O) groups excluding carboxylic acids is 1. The van der Waals surface area contributed by atoms with Gasteiger partial charge in [0.05, 0.1) is 32.0 Å². The van der Waals surface area contributed by atoms with Crippen molar-refractivity contribution in [2.75, 3.05) is 19.8 Å². The molecule has 3 atom stereocenters. The van der Waals surface area contributed by atoms with E-state index in [2.05, 4.69) is 9.97 Å². The van der Waals surface area contributed by atoms with Crippen LogP contribution in [0.3, 0.4) is 0 Å². The third kappa shape index (κ3) is 4.14. The molecule has 27 heavy (non-hydrogen) atoms. The molecule has 4 rings (SSSR count). The van der Waals surface area contributed by atoms with E-state index in [1.54, 1.807) is 18.5 Å². The summed E-state index contributed by atoms with van der Waals surface area (Å²) >= 11 is 0. The van der Waals surface area contributed by atoms with E-state index in [9.17, 15) is 9.18 Å². The maximum atomic E-state index is 13.4. The maximum absolute atomic E-state index is 13.4. The minimum absolute atomic E-state index is 0.0111. The molecule has 1 aliphatic carbocycles. The Balaban J connectivity index is 1.36. The number of hydrogen-bond acceptors (Lipinski definition) is 5. The van der Waals surface area contributed by atoms with Crippen LogP contribution in [0.25, 0.3) is 0 Å². The highest BCUT2D eigenvalue weighted by molar-refractivity contribution is 5.94. The van der Waals surface area contributed by atoms with Gasteiger partial charge in [-0.3, -0.25) is 9.78 Å². The number of aromatic nitrogens is 2. The lowest BCUT2D eigenvalue weighted by atomic mass is 10.1. The van der Waals surface area contributed by atoms with Gasteiger partial charge in [0.25, 0.3) is 5.91 Å². The summed E-state index contributed by atoms with van der Waals surface area (Å²) in [6.07, 6.45) is 6.55. The Bertz CT molecular complexity index is 789. The molecule has 1 saturated heterocycles. The Morgan fingerprint density at radius 2 is 2.11 bits per heavy atom. The minimum atomic E-state index is -0.639. The second kappa shape index (κ2) is 8.10. The summed E-state index contributed by atoms with van der Waals surface area (Å²) < 4.78 is 25.1. The van der Waals surface area contributed by atoms with E-state index in [4.69, 9.17) is 9.47 Å². The van der Waals surface area contributed by atoms with Crippen LogP contribution in [-0.2, 0) is 16.1 Å². The standard InChI is InChI=1S/C20H22FN3O3/c21-19-11-16(3-6-23-19)20(25)24-7-8-27-18-10-15(9-17(18)24)13-26-12-14-1-4-22-5-2-14/h1-6,11,15,17-18H,7-10,12-13H2/t15-,17-,18-/m1/s1. The van der Waals surface area contributed by atoms with E-state index in [0.29, 0.717) is 37.8 Å². The van der Waals surface area contributed by atoms with Crippen molar-refractivity contribution in [3.05, 3.63) is 59.9 Å². The van der Waals surface area contributed by atoms with Crippen molar-refractivity contribution in [1.29, 1.82) is 0 Å². The van der Waals surface area contributed by atoms with Crippen molar-refractivity contribution in [3.8, 4) is 0 Å². The molecular formula is C20H22FN3O3. The predicted molar refractivity (Wildman–Crippen MR) is 95.4 cm³/mol. The third-order valence-corrected chi connectivity index (χ3v) is 5.24. The summed E-state index contributed by atoms with van der Waals surface area (Å²) in [6, 6.07) is 6.63. The van der Waals surface area contributed by atoms with Crippen LogP contribution in [-0.4, -0.2) is 52.7 Å². The molecule has 0 N–H and O–H groups in total. The summed E-state index contributed by atoms with van der Waals surface area (Å²) in [4.78, 5) is 22.2. The molecule has 2 aromatic heterocycles. The number of morpholine rings is 1. The molecule has 0 spiro atoms. The van der Waals surface area contributed by atoms with Gasteiger partial charge in [-0.1, -0.05) is 0 Å². The van der Waals surface area contributed by atoms with E-state index < -0.39 is 5.95 Å². The summed E-state index contributed by atoms with van der Waals surface area (Å²) in [7, 11) is 0. The molecule has 1 saturated carbocycles. The highest BCUT2D eigenvalue weighted by atomic mass is 19.1. The predicted octanol–water partition coefficient (Wildman–Crippen LogP) is 2.45. The fourth-order valence-electron chi connectivity index (χ4n) is 3.96. The average molecular weight is 371 g/mol. The molecule has 0 aromatic carbocycles. The van der Waals surface area contributed by atoms with Crippen molar-refractivity contribution in [2.45, 2.75) is 31.6 Å². The van der Waals surface area contributed by atoms with Crippen LogP contribution in [0.2, 0.25) is 0 Å². The van der Waals surface area contributed by atoms with E-state index in [1.165, 1.54) is 12.3 Å². The molecule has 1 amide bonds. The first-order valence-electron chi connectivity index (χ1n) is 9.21. The van der Waals surface area contributed by atoms with Crippen molar-refractivity contribution in [2.24, 2.45) is 5.92 Å². The molecule has 6 nitrogen and oxygen atoms in total. The second-order valence-corrected chi connectivity index (χ2v) is 7.05. The fourth-order valence-corrected chi connectivity index (χ4v) is 3.96. The van der Waals surface area contributed by atoms with Crippen LogP contribution in [0.5, 0.6) is 0 Å². The number of halogens is 1. The molecule has 0 unspecified atom stereocenters. The normalized spacial score (nSPS) is 24.6. The molecular weight excluding hydrogens is 349 g/mol.